The zero-order chi connectivity index (χ0) is 24.0. The fourth-order valence-corrected chi connectivity index (χ4v) is 4.72. The number of benzene rings is 2. The second-order valence-electron chi connectivity index (χ2n) is 7.44. The zero-order valence-corrected chi connectivity index (χ0v) is 19.9. The molecule has 2 aromatic rings. The van der Waals surface area contributed by atoms with Gasteiger partial charge in [-0.3, -0.25) is 4.79 Å². The van der Waals surface area contributed by atoms with E-state index in [-0.39, 0.29) is 18.1 Å². The number of nitrogens with zero attached hydrogens (tertiary/aromatic N) is 1. The van der Waals surface area contributed by atoms with E-state index in [2.05, 4.69) is 18.0 Å². The molecule has 1 aliphatic rings. The number of rotatable bonds is 8. The number of nitriles is 1. The van der Waals surface area contributed by atoms with Crippen molar-refractivity contribution in [1.29, 1.82) is 5.26 Å². The van der Waals surface area contributed by atoms with Gasteiger partial charge in [0.2, 0.25) is 0 Å². The van der Waals surface area contributed by atoms with Gasteiger partial charge in [0, 0.05) is 16.3 Å². The lowest BCUT2D eigenvalue weighted by atomic mass is 9.82. The summed E-state index contributed by atoms with van der Waals surface area (Å²) in [6.45, 7) is 7.32. The number of carbonyl (C=O) groups excluding carboxylic acids is 2. The Hall–Kier alpha value is -3.27. The Kier molecular flexibility index (Phi) is 8.16. The number of esters is 1. The molecule has 0 radical (unpaired) electrons. The number of allylic oxidation sites excluding steroid dienone is 2. The van der Waals surface area contributed by atoms with Crippen LogP contribution in [0.3, 0.4) is 0 Å². The van der Waals surface area contributed by atoms with E-state index in [1.165, 1.54) is 17.8 Å². The molecule has 3 rings (SSSR count). The summed E-state index contributed by atoms with van der Waals surface area (Å²) >= 11 is 7.69. The summed E-state index contributed by atoms with van der Waals surface area (Å²) in [5.74, 6) is -1.20. The molecule has 0 amide bonds. The Morgan fingerprint density at radius 3 is 2.55 bits per heavy atom. The van der Waals surface area contributed by atoms with Crippen molar-refractivity contribution >= 4 is 35.1 Å². The number of aryl methyl sites for hydroxylation is 1. The van der Waals surface area contributed by atoms with Crippen molar-refractivity contribution < 1.29 is 14.3 Å². The Bertz CT molecular complexity index is 1190. The number of ketones is 1. The highest BCUT2D eigenvalue weighted by atomic mass is 35.5. The second kappa shape index (κ2) is 11.0. The van der Waals surface area contributed by atoms with Gasteiger partial charge in [-0.05, 0) is 25.5 Å². The molecule has 168 valence electrons. The molecule has 0 aliphatic carbocycles. The van der Waals surface area contributed by atoms with Crippen LogP contribution in [0.4, 0.5) is 0 Å². The van der Waals surface area contributed by atoms with E-state index in [1.807, 2.05) is 19.1 Å². The molecule has 0 fully saturated rings. The van der Waals surface area contributed by atoms with Crippen LogP contribution in [0.25, 0.3) is 0 Å². The highest BCUT2D eigenvalue weighted by Crippen LogP contribution is 2.43. The highest BCUT2D eigenvalue weighted by molar-refractivity contribution is 8.03. The number of carbonyl (C=O) groups is 2. The van der Waals surface area contributed by atoms with Crippen LogP contribution >= 0.6 is 23.4 Å². The lowest BCUT2D eigenvalue weighted by molar-refractivity contribution is -0.138. The van der Waals surface area contributed by atoms with E-state index < -0.39 is 11.9 Å². The van der Waals surface area contributed by atoms with Crippen molar-refractivity contribution in [3.63, 3.8) is 0 Å². The van der Waals surface area contributed by atoms with E-state index >= 15 is 0 Å². The van der Waals surface area contributed by atoms with Crippen LogP contribution in [0.15, 0.2) is 83.1 Å². The van der Waals surface area contributed by atoms with E-state index in [1.54, 1.807) is 43.3 Å². The summed E-state index contributed by atoms with van der Waals surface area (Å²) in [5, 5.41) is 14.2. The van der Waals surface area contributed by atoms with E-state index in [0.29, 0.717) is 38.0 Å². The quantitative estimate of drug-likeness (QED) is 0.298. The smallest absolute Gasteiger partial charge is 0.337 e. The molecule has 0 saturated carbocycles. The summed E-state index contributed by atoms with van der Waals surface area (Å²) in [4.78, 5) is 25.6. The number of Topliss-reactive ketones (excluding diaryl/α,β-unsaturated/α-hetero) is 1. The van der Waals surface area contributed by atoms with Gasteiger partial charge >= 0.3 is 5.97 Å². The lowest BCUT2D eigenvalue weighted by Gasteiger charge is -2.29. The number of dihydropyridines is 1. The molecule has 5 nitrogen and oxygen atoms in total. The molecule has 33 heavy (non-hydrogen) atoms. The van der Waals surface area contributed by atoms with Crippen molar-refractivity contribution in [2.24, 2.45) is 0 Å². The summed E-state index contributed by atoms with van der Waals surface area (Å²) in [6.07, 6.45) is 1.48. The van der Waals surface area contributed by atoms with Gasteiger partial charge < -0.3 is 10.1 Å². The van der Waals surface area contributed by atoms with Gasteiger partial charge in [-0.15, -0.1) is 0 Å². The maximum atomic E-state index is 12.9. The van der Waals surface area contributed by atoms with Crippen molar-refractivity contribution in [1.82, 2.24) is 5.32 Å². The minimum Gasteiger partial charge on any atom is -0.458 e. The number of halogens is 1. The van der Waals surface area contributed by atoms with Gasteiger partial charge in [-0.1, -0.05) is 84.0 Å². The maximum absolute atomic E-state index is 12.9. The van der Waals surface area contributed by atoms with Gasteiger partial charge in [0.05, 0.1) is 33.9 Å². The number of hydrogen-bond donors (Lipinski definition) is 1. The molecule has 7 heteroatoms. The number of thioether (sulfide) groups is 1. The Labute approximate surface area is 202 Å². The molecule has 1 aliphatic heterocycles. The van der Waals surface area contributed by atoms with Gasteiger partial charge in [0.25, 0.3) is 0 Å². The van der Waals surface area contributed by atoms with Crippen molar-refractivity contribution in [3.05, 3.63) is 105 Å². The van der Waals surface area contributed by atoms with E-state index in [9.17, 15) is 14.9 Å². The molecule has 1 N–H and O–H groups in total. The van der Waals surface area contributed by atoms with Crippen LogP contribution in [0.5, 0.6) is 0 Å². The largest absolute Gasteiger partial charge is 0.458 e. The lowest BCUT2D eigenvalue weighted by Crippen LogP contribution is -2.29. The maximum Gasteiger partial charge on any atom is 0.337 e. The normalized spacial score (nSPS) is 15.5. The average molecular weight is 479 g/mol. The van der Waals surface area contributed by atoms with E-state index in [4.69, 9.17) is 16.3 Å². The molecule has 0 saturated heterocycles. The third-order valence-corrected chi connectivity index (χ3v) is 6.50. The van der Waals surface area contributed by atoms with Crippen molar-refractivity contribution in [2.75, 3.05) is 12.4 Å². The van der Waals surface area contributed by atoms with Crippen LogP contribution in [0.2, 0.25) is 5.02 Å². The highest BCUT2D eigenvalue weighted by Gasteiger charge is 2.36. The predicted molar refractivity (Wildman–Crippen MR) is 132 cm³/mol. The molecule has 0 spiro atoms. The fourth-order valence-electron chi connectivity index (χ4n) is 3.49. The Morgan fingerprint density at radius 2 is 1.91 bits per heavy atom. The number of nitrogens with one attached hydrogen (secondary N) is 1. The summed E-state index contributed by atoms with van der Waals surface area (Å²) < 4.78 is 5.30. The second-order valence-corrected chi connectivity index (χ2v) is 8.83. The average Bonchev–Trinajstić information content (AvgIpc) is 2.81. The first kappa shape index (κ1) is 24.4. The molecular formula is C26H23ClN2O3S. The predicted octanol–water partition coefficient (Wildman–Crippen LogP) is 5.69. The Morgan fingerprint density at radius 1 is 1.21 bits per heavy atom. The molecule has 1 heterocycles. The van der Waals surface area contributed by atoms with Crippen LogP contribution in [0, 0.1) is 18.3 Å². The Balaban J connectivity index is 1.98. The van der Waals surface area contributed by atoms with Crippen molar-refractivity contribution in [3.8, 4) is 6.07 Å². The molecule has 0 aromatic heterocycles. The standard InChI is InChI=1S/C26H23ClN2O3S/c1-4-13-32-26(31)23-17(3)29-25(33-15-22(30)18-11-9-16(2)10-12-18)20(14-28)24(23)19-7-5-6-8-21(19)27/h4-12,24,29H,1,13,15H2,2-3H3/t24-/m0/s1. The van der Waals surface area contributed by atoms with Crippen LogP contribution < -0.4 is 5.32 Å². The van der Waals surface area contributed by atoms with Crippen LogP contribution in [-0.2, 0) is 9.53 Å². The molecular weight excluding hydrogens is 456 g/mol. The number of ether oxygens (including phenoxy) is 1. The monoisotopic (exact) mass is 478 g/mol. The summed E-state index contributed by atoms with van der Waals surface area (Å²) in [7, 11) is 0. The van der Waals surface area contributed by atoms with Gasteiger partial charge in [-0.2, -0.15) is 5.26 Å². The van der Waals surface area contributed by atoms with Gasteiger partial charge in [0.1, 0.15) is 6.61 Å². The van der Waals surface area contributed by atoms with Gasteiger partial charge in [0.15, 0.2) is 5.78 Å². The minimum absolute atomic E-state index is 0.0448. The van der Waals surface area contributed by atoms with Crippen LogP contribution in [0.1, 0.15) is 34.3 Å². The third kappa shape index (κ3) is 5.57. The molecule has 0 unspecified atom stereocenters. The van der Waals surface area contributed by atoms with E-state index in [0.717, 1.165) is 5.56 Å². The fraction of sp³-hybridized carbons (Fsp3) is 0.192. The molecule has 0 bridgehead atoms. The minimum atomic E-state index is -0.723. The van der Waals surface area contributed by atoms with Gasteiger partial charge in [-0.25, -0.2) is 4.79 Å². The topological polar surface area (TPSA) is 79.2 Å². The SMILES string of the molecule is C=CCOC(=O)C1=C(C)NC(SCC(=O)c2ccc(C)cc2)=C(C#N)[C@@H]1c1ccccc1Cl. The first-order valence-electron chi connectivity index (χ1n) is 10.2. The molecule has 2 aromatic carbocycles. The molecule has 1 atom stereocenters. The first-order chi connectivity index (χ1) is 15.9. The summed E-state index contributed by atoms with van der Waals surface area (Å²) in [5.41, 5.74) is 3.44. The van der Waals surface area contributed by atoms with Crippen molar-refractivity contribution in [2.45, 2.75) is 19.8 Å². The first-order valence-corrected chi connectivity index (χ1v) is 11.6. The van der Waals surface area contributed by atoms with Crippen LogP contribution in [-0.4, -0.2) is 24.1 Å². The zero-order valence-electron chi connectivity index (χ0n) is 18.4. The third-order valence-electron chi connectivity index (χ3n) is 5.14. The summed E-state index contributed by atoms with van der Waals surface area (Å²) in [6, 6.07) is 16.7. The number of hydrogen-bond acceptors (Lipinski definition) is 6.